The van der Waals surface area contributed by atoms with Crippen LogP contribution in [0.4, 0.5) is 0 Å². The third-order valence-corrected chi connectivity index (χ3v) is 6.16. The fraction of sp³-hybridized carbons (Fsp3) is 0.636. The van der Waals surface area contributed by atoms with Crippen molar-refractivity contribution in [2.45, 2.75) is 17.9 Å². The average molecular weight is 290 g/mol. The largest absolute Gasteiger partial charge is 0.391 e. The summed E-state index contributed by atoms with van der Waals surface area (Å²) in [6.45, 7) is 2.51. The Kier molecular flexibility index (Phi) is 4.39. The van der Waals surface area contributed by atoms with Crippen molar-refractivity contribution in [3.63, 3.8) is 0 Å². The van der Waals surface area contributed by atoms with Gasteiger partial charge in [0.25, 0.3) is 0 Å². The second kappa shape index (κ2) is 5.66. The Morgan fingerprint density at radius 3 is 2.83 bits per heavy atom. The highest BCUT2D eigenvalue weighted by Crippen LogP contribution is 2.25. The van der Waals surface area contributed by atoms with Gasteiger partial charge in [0.2, 0.25) is 10.0 Å². The molecule has 102 valence electrons. The quantitative estimate of drug-likeness (QED) is 0.884. The molecule has 0 atom stereocenters. The zero-order valence-electron chi connectivity index (χ0n) is 10.4. The van der Waals surface area contributed by atoms with Crippen molar-refractivity contribution in [2.24, 2.45) is 0 Å². The standard InChI is InChI=1S/C11H18N2O3S2/c1-12-4-2-5-13(7-6-12)18(15,16)11-3-8-17-10(11)9-14/h3,8,14H,2,4-7,9H2,1H3. The summed E-state index contributed by atoms with van der Waals surface area (Å²) >= 11 is 1.28. The van der Waals surface area contributed by atoms with Crippen molar-refractivity contribution < 1.29 is 13.5 Å². The third-order valence-electron chi connectivity index (χ3n) is 3.14. The number of sulfonamides is 1. The Morgan fingerprint density at radius 1 is 1.33 bits per heavy atom. The number of thiophene rings is 1. The highest BCUT2D eigenvalue weighted by atomic mass is 32.2. The van der Waals surface area contributed by atoms with Crippen molar-refractivity contribution in [2.75, 3.05) is 33.2 Å². The van der Waals surface area contributed by atoms with E-state index in [9.17, 15) is 13.5 Å². The Balaban J connectivity index is 2.25. The van der Waals surface area contributed by atoms with Gasteiger partial charge in [0.1, 0.15) is 0 Å². The topological polar surface area (TPSA) is 60.9 Å². The van der Waals surface area contributed by atoms with E-state index in [4.69, 9.17) is 0 Å². The monoisotopic (exact) mass is 290 g/mol. The fourth-order valence-corrected chi connectivity index (χ4v) is 4.81. The molecule has 18 heavy (non-hydrogen) atoms. The lowest BCUT2D eigenvalue weighted by atomic mass is 10.4. The number of likely N-dealkylation sites (N-methyl/N-ethyl adjacent to an activating group) is 1. The SMILES string of the molecule is CN1CCCN(S(=O)(=O)c2ccsc2CO)CC1. The van der Waals surface area contributed by atoms with Gasteiger partial charge in [0, 0.05) is 24.5 Å². The van der Waals surface area contributed by atoms with E-state index < -0.39 is 10.0 Å². The molecule has 5 nitrogen and oxygen atoms in total. The first-order valence-electron chi connectivity index (χ1n) is 5.91. The van der Waals surface area contributed by atoms with Gasteiger partial charge in [-0.2, -0.15) is 4.31 Å². The van der Waals surface area contributed by atoms with E-state index in [2.05, 4.69) is 4.90 Å². The number of hydrogen-bond donors (Lipinski definition) is 1. The summed E-state index contributed by atoms with van der Waals surface area (Å²) in [5.41, 5.74) is 0. The van der Waals surface area contributed by atoms with E-state index in [-0.39, 0.29) is 11.5 Å². The van der Waals surface area contributed by atoms with Gasteiger partial charge in [-0.15, -0.1) is 11.3 Å². The Morgan fingerprint density at radius 2 is 2.11 bits per heavy atom. The molecule has 7 heteroatoms. The highest BCUT2D eigenvalue weighted by Gasteiger charge is 2.28. The Bertz CT molecular complexity index is 498. The molecule has 0 aliphatic carbocycles. The Hall–Kier alpha value is -0.470. The van der Waals surface area contributed by atoms with Crippen LogP contribution in [-0.4, -0.2) is 56.0 Å². The number of nitrogens with zero attached hydrogens (tertiary/aromatic N) is 2. The van der Waals surface area contributed by atoms with Crippen molar-refractivity contribution in [3.05, 3.63) is 16.3 Å². The van der Waals surface area contributed by atoms with Gasteiger partial charge < -0.3 is 10.0 Å². The van der Waals surface area contributed by atoms with E-state index in [0.29, 0.717) is 18.0 Å². The molecule has 0 bridgehead atoms. The van der Waals surface area contributed by atoms with Crippen LogP contribution >= 0.6 is 11.3 Å². The second-order valence-corrected chi connectivity index (χ2v) is 7.33. The maximum absolute atomic E-state index is 12.5. The molecule has 1 aromatic rings. The van der Waals surface area contributed by atoms with Gasteiger partial charge >= 0.3 is 0 Å². The molecule has 1 aliphatic heterocycles. The van der Waals surface area contributed by atoms with Crippen LogP contribution in [0.3, 0.4) is 0 Å². The predicted molar refractivity (Wildman–Crippen MR) is 71.1 cm³/mol. The van der Waals surface area contributed by atoms with Crippen LogP contribution in [0.1, 0.15) is 11.3 Å². The first kappa shape index (κ1) is 14.0. The number of hydrogen-bond acceptors (Lipinski definition) is 5. The summed E-state index contributed by atoms with van der Waals surface area (Å²) < 4.78 is 26.5. The lowest BCUT2D eigenvalue weighted by Crippen LogP contribution is -2.34. The normalized spacial score (nSPS) is 19.9. The van der Waals surface area contributed by atoms with Crippen molar-refractivity contribution >= 4 is 21.4 Å². The molecule has 0 aromatic carbocycles. The zero-order chi connectivity index (χ0) is 13.2. The van der Waals surface area contributed by atoms with E-state index in [1.807, 2.05) is 7.05 Å². The molecule has 2 rings (SSSR count). The van der Waals surface area contributed by atoms with Crippen LogP contribution in [0.5, 0.6) is 0 Å². The molecule has 1 aromatic heterocycles. The van der Waals surface area contributed by atoms with E-state index in [1.54, 1.807) is 11.4 Å². The van der Waals surface area contributed by atoms with Crippen LogP contribution in [-0.2, 0) is 16.6 Å². The maximum atomic E-state index is 12.5. The average Bonchev–Trinajstić information content (AvgIpc) is 2.72. The summed E-state index contributed by atoms with van der Waals surface area (Å²) in [6.07, 6.45) is 0.842. The summed E-state index contributed by atoms with van der Waals surface area (Å²) in [7, 11) is -1.45. The van der Waals surface area contributed by atoms with Crippen LogP contribution in [0.25, 0.3) is 0 Å². The molecule has 0 radical (unpaired) electrons. The second-order valence-electron chi connectivity index (χ2n) is 4.43. The van der Waals surface area contributed by atoms with Crippen LogP contribution in [0, 0.1) is 0 Å². The van der Waals surface area contributed by atoms with Gasteiger partial charge in [-0.25, -0.2) is 8.42 Å². The summed E-state index contributed by atoms with van der Waals surface area (Å²) in [5, 5.41) is 10.9. The Labute approximate surface area is 112 Å². The van der Waals surface area contributed by atoms with Crippen molar-refractivity contribution in [1.82, 2.24) is 9.21 Å². The molecule has 0 unspecified atom stereocenters. The van der Waals surface area contributed by atoms with Gasteiger partial charge in [0.05, 0.1) is 11.5 Å². The van der Waals surface area contributed by atoms with Gasteiger partial charge in [-0.1, -0.05) is 0 Å². The fourth-order valence-electron chi connectivity index (χ4n) is 2.08. The van der Waals surface area contributed by atoms with Gasteiger partial charge in [-0.05, 0) is 31.5 Å². The van der Waals surface area contributed by atoms with Crippen molar-refractivity contribution in [3.8, 4) is 0 Å². The van der Waals surface area contributed by atoms with Crippen LogP contribution in [0.15, 0.2) is 16.3 Å². The lowest BCUT2D eigenvalue weighted by Gasteiger charge is -2.20. The minimum absolute atomic E-state index is 0.222. The first-order chi connectivity index (χ1) is 8.55. The molecular weight excluding hydrogens is 272 g/mol. The maximum Gasteiger partial charge on any atom is 0.244 e. The molecule has 0 spiro atoms. The molecule has 1 aliphatic rings. The molecule has 0 amide bonds. The van der Waals surface area contributed by atoms with Gasteiger partial charge in [0.15, 0.2) is 0 Å². The number of aliphatic hydroxyl groups excluding tert-OH is 1. The highest BCUT2D eigenvalue weighted by molar-refractivity contribution is 7.89. The smallest absolute Gasteiger partial charge is 0.244 e. The molecule has 1 fully saturated rings. The summed E-state index contributed by atoms with van der Waals surface area (Å²) in [6, 6.07) is 1.58. The molecule has 0 saturated carbocycles. The minimum Gasteiger partial charge on any atom is -0.391 e. The van der Waals surface area contributed by atoms with Gasteiger partial charge in [-0.3, -0.25) is 0 Å². The van der Waals surface area contributed by atoms with E-state index >= 15 is 0 Å². The molecule has 1 N–H and O–H groups in total. The van der Waals surface area contributed by atoms with Crippen LogP contribution < -0.4 is 0 Å². The minimum atomic E-state index is -3.45. The van der Waals surface area contributed by atoms with Crippen molar-refractivity contribution in [1.29, 1.82) is 0 Å². The van der Waals surface area contributed by atoms with E-state index in [0.717, 1.165) is 19.5 Å². The summed E-state index contributed by atoms with van der Waals surface area (Å²) in [4.78, 5) is 2.92. The third kappa shape index (κ3) is 2.75. The van der Waals surface area contributed by atoms with Crippen LogP contribution in [0.2, 0.25) is 0 Å². The molecule has 1 saturated heterocycles. The van der Waals surface area contributed by atoms with E-state index in [1.165, 1.54) is 15.6 Å². The number of aliphatic hydroxyl groups is 1. The molecular formula is C11H18N2O3S2. The first-order valence-corrected chi connectivity index (χ1v) is 8.23. The molecule has 2 heterocycles. The predicted octanol–water partition coefficient (Wildman–Crippen LogP) is 0.567. The lowest BCUT2D eigenvalue weighted by molar-refractivity contribution is 0.282. The summed E-state index contributed by atoms with van der Waals surface area (Å²) in [5.74, 6) is 0. The zero-order valence-corrected chi connectivity index (χ0v) is 12.0. The number of rotatable bonds is 3.